The van der Waals surface area contributed by atoms with Crippen LogP contribution in [0.1, 0.15) is 91.5 Å². The number of rotatable bonds is 8. The second kappa shape index (κ2) is 14.5. The van der Waals surface area contributed by atoms with Crippen LogP contribution in [0.15, 0.2) is 64.8 Å². The zero-order chi connectivity index (χ0) is 32.7. The van der Waals surface area contributed by atoms with E-state index in [1.54, 1.807) is 30.5 Å². The lowest BCUT2D eigenvalue weighted by Crippen LogP contribution is -2.44. The standard InChI is InChI=1S/C27H27FN4O2.C8H12O.C2H6/c1-14-23(29-4)16(3)30-24(14)20-11-12-27(20)21-13-18(7-10-22(21)32-26(27)34)25(33)31-15(2)17-5-8-19(28)9-6-17;1-2-3-5-8-6-4-7-9-8;1-2/h5-8,10,13,15,19-20,29-30H,9H2,1-4H3,(H,31,33)(H,32,34);4,6-7H,2-3,5H2,1H3;1-2H3. The first-order chi connectivity index (χ1) is 21.7. The third-order valence-corrected chi connectivity index (χ3v) is 8.46. The fourth-order valence-electron chi connectivity index (χ4n) is 5.99. The first-order valence-corrected chi connectivity index (χ1v) is 15.9. The Kier molecular flexibility index (Phi) is 10.8. The first kappa shape index (κ1) is 33.4. The number of alkyl halides is 1. The van der Waals surface area contributed by atoms with E-state index in [0.29, 0.717) is 17.7 Å². The van der Waals surface area contributed by atoms with E-state index in [0.717, 1.165) is 46.0 Å². The van der Waals surface area contributed by atoms with E-state index < -0.39 is 11.6 Å². The third kappa shape index (κ3) is 6.63. The number of carbonyl (C=O) groups is 2. The number of fused-ring (bicyclic) bond motifs is 2. The molecule has 3 aliphatic rings. The lowest BCUT2D eigenvalue weighted by molar-refractivity contribution is -0.119. The lowest BCUT2D eigenvalue weighted by atomic mass is 9.64. The van der Waals surface area contributed by atoms with Crippen molar-refractivity contribution in [2.24, 2.45) is 0 Å². The first-order valence-electron chi connectivity index (χ1n) is 15.9. The van der Waals surface area contributed by atoms with Crippen LogP contribution in [0.5, 0.6) is 0 Å². The molecule has 8 heteroatoms. The number of H-pyrrole nitrogens is 1. The molecular weight excluding hydrogens is 567 g/mol. The minimum atomic E-state index is -1.03. The highest BCUT2D eigenvalue weighted by Crippen LogP contribution is 2.52. The molecule has 6 rings (SSSR count). The van der Waals surface area contributed by atoms with Crippen LogP contribution in [0, 0.1) is 25.7 Å². The normalized spacial score (nSPS) is 21.0. The minimum absolute atomic E-state index is 0.173. The summed E-state index contributed by atoms with van der Waals surface area (Å²) in [5.74, 6) is 6.65. The summed E-state index contributed by atoms with van der Waals surface area (Å²) in [5.41, 5.74) is 5.63. The molecule has 1 aliphatic heterocycles. The molecule has 4 atom stereocenters. The lowest BCUT2D eigenvalue weighted by Gasteiger charge is -2.34. The SMILES string of the molecule is CC.CCCCc1ccco1.CNc1c(C)[nH]c(C2C#CC23C(=O)Nc2ccc(C(=O)NC(C)C4=CCC(F)C=C4)cc23)c1C. The molecular formula is C37H45FN4O3. The van der Waals surface area contributed by atoms with Gasteiger partial charge in [-0.1, -0.05) is 57.3 Å². The Morgan fingerprint density at radius 3 is 2.60 bits per heavy atom. The Hall–Kier alpha value is -4.51. The molecule has 45 heavy (non-hydrogen) atoms. The summed E-state index contributed by atoms with van der Waals surface area (Å²) in [6, 6.07) is 8.92. The molecule has 1 aromatic carbocycles. The average Bonchev–Trinajstić information content (AvgIpc) is 3.73. The van der Waals surface area contributed by atoms with Crippen molar-refractivity contribution in [3.63, 3.8) is 0 Å². The molecule has 4 N–H and O–H groups in total. The van der Waals surface area contributed by atoms with Gasteiger partial charge in [-0.3, -0.25) is 9.59 Å². The number of amides is 2. The summed E-state index contributed by atoms with van der Waals surface area (Å²) in [6.07, 6.45) is 9.65. The van der Waals surface area contributed by atoms with Gasteiger partial charge in [0.1, 0.15) is 11.9 Å². The molecule has 0 saturated carbocycles. The number of unbranched alkanes of at least 4 members (excludes halogenated alkanes) is 1. The fraction of sp³-hybridized carbons (Fsp3) is 0.405. The number of aromatic amines is 1. The Labute approximate surface area is 266 Å². The van der Waals surface area contributed by atoms with E-state index in [4.69, 9.17) is 4.42 Å². The van der Waals surface area contributed by atoms with E-state index in [-0.39, 0.29) is 23.8 Å². The maximum atomic E-state index is 13.4. The number of nitrogens with one attached hydrogen (secondary N) is 4. The molecule has 2 aliphatic carbocycles. The number of allylic oxidation sites excluding steroid dienone is 2. The number of aromatic nitrogens is 1. The van der Waals surface area contributed by atoms with E-state index in [2.05, 4.69) is 39.7 Å². The van der Waals surface area contributed by atoms with Crippen molar-refractivity contribution < 1.29 is 18.4 Å². The third-order valence-electron chi connectivity index (χ3n) is 8.46. The van der Waals surface area contributed by atoms with Crippen LogP contribution >= 0.6 is 0 Å². The Bertz CT molecular complexity index is 1640. The van der Waals surface area contributed by atoms with E-state index >= 15 is 0 Å². The van der Waals surface area contributed by atoms with Crippen molar-refractivity contribution in [2.75, 3.05) is 17.7 Å². The molecule has 2 aromatic heterocycles. The zero-order valence-corrected chi connectivity index (χ0v) is 27.4. The molecule has 0 radical (unpaired) electrons. The van der Waals surface area contributed by atoms with Crippen molar-refractivity contribution >= 4 is 23.2 Å². The number of halogens is 1. The Morgan fingerprint density at radius 1 is 1.24 bits per heavy atom. The van der Waals surface area contributed by atoms with Crippen LogP contribution in [-0.2, 0) is 16.6 Å². The van der Waals surface area contributed by atoms with Crippen LogP contribution < -0.4 is 16.0 Å². The molecule has 0 fully saturated rings. The highest BCUT2D eigenvalue weighted by Gasteiger charge is 2.56. The number of carbonyl (C=O) groups excluding carboxylic acids is 2. The van der Waals surface area contributed by atoms with Gasteiger partial charge in [0, 0.05) is 48.1 Å². The molecule has 1 spiro atoms. The summed E-state index contributed by atoms with van der Waals surface area (Å²) in [4.78, 5) is 29.7. The topological polar surface area (TPSA) is 99.2 Å². The number of hydrogen-bond donors (Lipinski definition) is 4. The van der Waals surface area contributed by atoms with Crippen molar-refractivity contribution in [3.05, 3.63) is 94.2 Å². The van der Waals surface area contributed by atoms with Gasteiger partial charge in [-0.05, 0) is 68.7 Å². The second-order valence-corrected chi connectivity index (χ2v) is 11.3. The Morgan fingerprint density at radius 2 is 2.02 bits per heavy atom. The van der Waals surface area contributed by atoms with Gasteiger partial charge in [0.05, 0.1) is 23.9 Å². The van der Waals surface area contributed by atoms with E-state index in [1.165, 1.54) is 18.9 Å². The van der Waals surface area contributed by atoms with Crippen molar-refractivity contribution in [2.45, 2.75) is 90.8 Å². The maximum absolute atomic E-state index is 13.4. The van der Waals surface area contributed by atoms with Gasteiger partial charge in [0.15, 0.2) is 5.41 Å². The zero-order valence-electron chi connectivity index (χ0n) is 27.4. The smallest absolute Gasteiger partial charge is 0.251 e. The summed E-state index contributed by atoms with van der Waals surface area (Å²) in [6.45, 7) is 12.0. The van der Waals surface area contributed by atoms with Crippen LogP contribution in [-0.4, -0.2) is 36.1 Å². The van der Waals surface area contributed by atoms with Crippen molar-refractivity contribution in [1.82, 2.24) is 10.3 Å². The van der Waals surface area contributed by atoms with Gasteiger partial charge in [0.2, 0.25) is 5.91 Å². The van der Waals surface area contributed by atoms with Crippen molar-refractivity contribution in [3.8, 4) is 11.8 Å². The average molecular weight is 613 g/mol. The molecule has 0 bridgehead atoms. The fourth-order valence-corrected chi connectivity index (χ4v) is 5.99. The van der Waals surface area contributed by atoms with E-state index in [9.17, 15) is 14.0 Å². The van der Waals surface area contributed by atoms with Crippen molar-refractivity contribution in [1.29, 1.82) is 0 Å². The van der Waals surface area contributed by atoms with Crippen LogP contribution in [0.4, 0.5) is 15.8 Å². The van der Waals surface area contributed by atoms with Gasteiger partial charge in [0.25, 0.3) is 5.91 Å². The van der Waals surface area contributed by atoms with Gasteiger partial charge >= 0.3 is 0 Å². The summed E-state index contributed by atoms with van der Waals surface area (Å²) in [5, 5.41) is 9.14. The molecule has 3 aromatic rings. The number of benzene rings is 1. The van der Waals surface area contributed by atoms with Gasteiger partial charge in [-0.25, -0.2) is 4.39 Å². The van der Waals surface area contributed by atoms with Gasteiger partial charge < -0.3 is 25.4 Å². The molecule has 238 valence electrons. The molecule has 3 heterocycles. The summed E-state index contributed by atoms with van der Waals surface area (Å²) >= 11 is 0. The molecule has 7 nitrogen and oxygen atoms in total. The minimum Gasteiger partial charge on any atom is -0.469 e. The molecule has 4 unspecified atom stereocenters. The van der Waals surface area contributed by atoms with Gasteiger partial charge in [-0.2, -0.15) is 0 Å². The molecule has 2 amide bonds. The van der Waals surface area contributed by atoms with Gasteiger partial charge in [-0.15, -0.1) is 0 Å². The number of furan rings is 1. The van der Waals surface area contributed by atoms with Crippen LogP contribution in [0.2, 0.25) is 0 Å². The van der Waals surface area contributed by atoms with E-state index in [1.807, 2.05) is 59.9 Å². The highest BCUT2D eigenvalue weighted by molar-refractivity contribution is 6.12. The number of anilines is 2. The number of aryl methyl sites for hydroxylation is 2. The Balaban J connectivity index is 0.000000358. The second-order valence-electron chi connectivity index (χ2n) is 11.3. The predicted octanol–water partition coefficient (Wildman–Crippen LogP) is 7.66. The van der Waals surface area contributed by atoms with Crippen LogP contribution in [0.3, 0.4) is 0 Å². The largest absolute Gasteiger partial charge is 0.469 e. The quantitative estimate of drug-likeness (QED) is 0.196. The predicted molar refractivity (Wildman–Crippen MR) is 179 cm³/mol. The summed E-state index contributed by atoms with van der Waals surface area (Å²) < 4.78 is 18.5. The molecule has 0 saturated heterocycles. The summed E-state index contributed by atoms with van der Waals surface area (Å²) in [7, 11) is 1.87. The van der Waals surface area contributed by atoms with Crippen LogP contribution in [0.25, 0.3) is 0 Å². The maximum Gasteiger partial charge on any atom is 0.251 e. The number of hydrogen-bond acceptors (Lipinski definition) is 4. The highest BCUT2D eigenvalue weighted by atomic mass is 19.1. The monoisotopic (exact) mass is 612 g/mol.